The number of alkyl halides is 3. The maximum atomic E-state index is 13.1. The number of non-ortho nitro benzene ring substituents is 1. The molecule has 1 aromatic heterocycles. The van der Waals surface area contributed by atoms with E-state index in [1.54, 1.807) is 24.3 Å². The van der Waals surface area contributed by atoms with Crippen molar-refractivity contribution in [3.05, 3.63) is 64.0 Å². The van der Waals surface area contributed by atoms with Crippen LogP contribution in [0.3, 0.4) is 0 Å². The molecule has 0 N–H and O–H groups in total. The summed E-state index contributed by atoms with van der Waals surface area (Å²) in [6, 6.07) is 8.93. The highest BCUT2D eigenvalue weighted by Crippen LogP contribution is 2.38. The summed E-state index contributed by atoms with van der Waals surface area (Å²) in [7, 11) is 1.52. The van der Waals surface area contributed by atoms with E-state index in [4.69, 9.17) is 14.0 Å². The number of methoxy groups -OCH3 is 1. The van der Waals surface area contributed by atoms with Crippen LogP contribution in [0.25, 0.3) is 11.5 Å². The van der Waals surface area contributed by atoms with Gasteiger partial charge in [0.25, 0.3) is 11.6 Å². The molecule has 0 spiro atoms. The first-order valence-corrected chi connectivity index (χ1v) is 7.73. The van der Waals surface area contributed by atoms with Crippen LogP contribution in [0.5, 0.6) is 11.5 Å². The van der Waals surface area contributed by atoms with Crippen molar-refractivity contribution in [1.29, 1.82) is 0 Å². The van der Waals surface area contributed by atoms with Crippen molar-refractivity contribution in [2.24, 2.45) is 0 Å². The second-order valence-corrected chi connectivity index (χ2v) is 5.47. The fourth-order valence-electron chi connectivity index (χ4n) is 2.28. The standard InChI is InChI=1S/C17H12F3N3O5/c1-26-12-5-2-10(3-6-12)16-21-15(22-28-16)9-27-14-7-4-11(23(24)25)8-13(14)17(18,19)20/h2-8H,9H2,1H3. The molecule has 0 saturated carbocycles. The van der Waals surface area contributed by atoms with Gasteiger partial charge in [0.1, 0.15) is 17.1 Å². The molecule has 0 aliphatic carbocycles. The van der Waals surface area contributed by atoms with E-state index >= 15 is 0 Å². The maximum absolute atomic E-state index is 13.1. The van der Waals surface area contributed by atoms with Crippen molar-refractivity contribution in [3.8, 4) is 23.0 Å². The largest absolute Gasteiger partial charge is 0.497 e. The predicted molar refractivity (Wildman–Crippen MR) is 88.7 cm³/mol. The van der Waals surface area contributed by atoms with Crippen LogP contribution in [0.15, 0.2) is 47.0 Å². The smallest absolute Gasteiger partial charge is 0.420 e. The zero-order valence-corrected chi connectivity index (χ0v) is 14.3. The molecule has 0 aliphatic rings. The molecule has 0 unspecified atom stereocenters. The molecule has 0 radical (unpaired) electrons. The Balaban J connectivity index is 1.77. The van der Waals surface area contributed by atoms with E-state index in [1.807, 2.05) is 0 Å². The van der Waals surface area contributed by atoms with Crippen molar-refractivity contribution in [3.63, 3.8) is 0 Å². The van der Waals surface area contributed by atoms with E-state index in [0.29, 0.717) is 17.4 Å². The molecular formula is C17H12F3N3O5. The number of aromatic nitrogens is 2. The summed E-state index contributed by atoms with van der Waals surface area (Å²) in [5.41, 5.74) is -1.37. The van der Waals surface area contributed by atoms with E-state index in [0.717, 1.165) is 12.1 Å². The van der Waals surface area contributed by atoms with Gasteiger partial charge in [-0.05, 0) is 30.3 Å². The molecule has 0 amide bonds. The van der Waals surface area contributed by atoms with Gasteiger partial charge in [0.05, 0.1) is 12.0 Å². The van der Waals surface area contributed by atoms with Crippen molar-refractivity contribution >= 4 is 5.69 Å². The number of ether oxygens (including phenoxy) is 2. The number of hydrogen-bond donors (Lipinski definition) is 0. The molecule has 8 nitrogen and oxygen atoms in total. The van der Waals surface area contributed by atoms with E-state index in [-0.39, 0.29) is 11.7 Å². The molecule has 11 heteroatoms. The van der Waals surface area contributed by atoms with Gasteiger partial charge in [-0.15, -0.1) is 0 Å². The summed E-state index contributed by atoms with van der Waals surface area (Å²) in [6.45, 7) is -0.416. The van der Waals surface area contributed by atoms with Gasteiger partial charge in [0, 0.05) is 17.7 Å². The first-order valence-electron chi connectivity index (χ1n) is 7.73. The molecule has 28 heavy (non-hydrogen) atoms. The minimum Gasteiger partial charge on any atom is -0.497 e. The molecule has 0 saturated heterocycles. The highest BCUT2D eigenvalue weighted by molar-refractivity contribution is 5.54. The molecule has 2 aromatic carbocycles. The average molecular weight is 395 g/mol. The van der Waals surface area contributed by atoms with Gasteiger partial charge in [-0.2, -0.15) is 18.2 Å². The maximum Gasteiger partial charge on any atom is 0.420 e. The molecule has 0 atom stereocenters. The van der Waals surface area contributed by atoms with Gasteiger partial charge >= 0.3 is 6.18 Å². The fraction of sp³-hybridized carbons (Fsp3) is 0.176. The third-order valence-corrected chi connectivity index (χ3v) is 3.64. The lowest BCUT2D eigenvalue weighted by Crippen LogP contribution is -2.10. The Kier molecular flexibility index (Phi) is 5.16. The van der Waals surface area contributed by atoms with Gasteiger partial charge in [0.15, 0.2) is 6.61 Å². The average Bonchev–Trinajstić information content (AvgIpc) is 3.14. The Morgan fingerprint density at radius 3 is 2.50 bits per heavy atom. The zero-order chi connectivity index (χ0) is 20.3. The number of halogens is 3. The van der Waals surface area contributed by atoms with Crippen LogP contribution in [0, 0.1) is 10.1 Å². The molecule has 146 valence electrons. The van der Waals surface area contributed by atoms with Gasteiger partial charge in [-0.3, -0.25) is 10.1 Å². The lowest BCUT2D eigenvalue weighted by molar-refractivity contribution is -0.385. The molecule has 3 rings (SSSR count). The molecule has 1 heterocycles. The quantitative estimate of drug-likeness (QED) is 0.454. The third kappa shape index (κ3) is 4.19. The zero-order valence-electron chi connectivity index (χ0n) is 14.3. The van der Waals surface area contributed by atoms with Gasteiger partial charge in [0.2, 0.25) is 5.82 Å². The second kappa shape index (κ2) is 7.55. The predicted octanol–water partition coefficient (Wildman–Crippen LogP) is 4.25. The van der Waals surface area contributed by atoms with Crippen LogP contribution in [-0.4, -0.2) is 22.2 Å². The molecule has 0 fully saturated rings. The molecular weight excluding hydrogens is 383 g/mol. The summed E-state index contributed by atoms with van der Waals surface area (Å²) in [5.74, 6) is 0.219. The van der Waals surface area contributed by atoms with Crippen LogP contribution in [0.4, 0.5) is 18.9 Å². The lowest BCUT2D eigenvalue weighted by atomic mass is 10.1. The number of nitro groups is 1. The number of nitrogens with zero attached hydrogens (tertiary/aromatic N) is 3. The second-order valence-electron chi connectivity index (χ2n) is 5.47. The van der Waals surface area contributed by atoms with Gasteiger partial charge in [-0.25, -0.2) is 0 Å². The highest BCUT2D eigenvalue weighted by Gasteiger charge is 2.36. The molecule has 0 bridgehead atoms. The van der Waals surface area contributed by atoms with Crippen LogP contribution < -0.4 is 9.47 Å². The summed E-state index contributed by atoms with van der Waals surface area (Å²) >= 11 is 0. The topological polar surface area (TPSA) is 101 Å². The summed E-state index contributed by atoms with van der Waals surface area (Å²) in [5, 5.41) is 14.4. The minimum atomic E-state index is -4.83. The SMILES string of the molecule is COc1ccc(-c2nc(COc3ccc([N+](=O)[O-])cc3C(F)(F)F)no2)cc1. The van der Waals surface area contributed by atoms with E-state index in [2.05, 4.69) is 10.1 Å². The fourth-order valence-corrected chi connectivity index (χ4v) is 2.28. The summed E-state index contributed by atoms with van der Waals surface area (Å²) in [6.07, 6.45) is -4.83. The van der Waals surface area contributed by atoms with E-state index in [1.165, 1.54) is 7.11 Å². The number of nitro benzene ring substituents is 1. The van der Waals surface area contributed by atoms with Gasteiger partial charge in [-0.1, -0.05) is 5.16 Å². The summed E-state index contributed by atoms with van der Waals surface area (Å²) in [4.78, 5) is 13.8. The van der Waals surface area contributed by atoms with Crippen LogP contribution in [-0.2, 0) is 12.8 Å². The Labute approximate surface area is 155 Å². The Bertz CT molecular complexity index is 986. The van der Waals surface area contributed by atoms with Crippen molar-refractivity contribution in [2.45, 2.75) is 12.8 Å². The van der Waals surface area contributed by atoms with Gasteiger partial charge < -0.3 is 14.0 Å². The van der Waals surface area contributed by atoms with E-state index < -0.39 is 34.7 Å². The van der Waals surface area contributed by atoms with E-state index in [9.17, 15) is 23.3 Å². The third-order valence-electron chi connectivity index (χ3n) is 3.64. The highest BCUT2D eigenvalue weighted by atomic mass is 19.4. The van der Waals surface area contributed by atoms with Crippen LogP contribution in [0.1, 0.15) is 11.4 Å². The summed E-state index contributed by atoms with van der Waals surface area (Å²) < 4.78 is 54.7. The lowest BCUT2D eigenvalue weighted by Gasteiger charge is -2.12. The van der Waals surface area contributed by atoms with Crippen LogP contribution in [0.2, 0.25) is 0 Å². The molecule has 0 aliphatic heterocycles. The Morgan fingerprint density at radius 1 is 1.18 bits per heavy atom. The van der Waals surface area contributed by atoms with Crippen molar-refractivity contribution in [2.75, 3.05) is 7.11 Å². The first-order chi connectivity index (χ1) is 13.3. The first kappa shape index (κ1) is 19.1. The van der Waals surface area contributed by atoms with Crippen molar-refractivity contribution in [1.82, 2.24) is 10.1 Å². The normalized spacial score (nSPS) is 11.3. The monoisotopic (exact) mass is 395 g/mol. The number of rotatable bonds is 6. The number of hydrogen-bond acceptors (Lipinski definition) is 7. The van der Waals surface area contributed by atoms with Crippen LogP contribution >= 0.6 is 0 Å². The molecule has 3 aromatic rings. The Morgan fingerprint density at radius 2 is 1.89 bits per heavy atom. The minimum absolute atomic E-state index is 0.0114. The number of benzene rings is 2. The Hall–Kier alpha value is -3.63. The van der Waals surface area contributed by atoms with Crippen molar-refractivity contribution < 1.29 is 32.1 Å².